The second-order valence-corrected chi connectivity index (χ2v) is 8.33. The Balaban J connectivity index is 1.51. The van der Waals surface area contributed by atoms with Crippen LogP contribution in [0, 0.1) is 5.92 Å². The minimum Gasteiger partial charge on any atom is -0.459 e. The van der Waals surface area contributed by atoms with Crippen LogP contribution in [0.1, 0.15) is 59.7 Å². The average molecular weight is 407 g/mol. The van der Waals surface area contributed by atoms with Gasteiger partial charge in [-0.3, -0.25) is 4.79 Å². The van der Waals surface area contributed by atoms with Crippen molar-refractivity contribution in [2.75, 3.05) is 0 Å². The number of rotatable bonds is 7. The fraction of sp³-hybridized carbons (Fsp3) is 0.391. The Hall–Kier alpha value is -2.64. The first-order valence-electron chi connectivity index (χ1n) is 10.4. The summed E-state index contributed by atoms with van der Waals surface area (Å²) in [7, 11) is -1.000. The molecule has 1 aliphatic carbocycles. The van der Waals surface area contributed by atoms with Crippen molar-refractivity contribution in [2.45, 2.75) is 51.9 Å². The Morgan fingerprint density at radius 2 is 1.93 bits per heavy atom. The van der Waals surface area contributed by atoms with E-state index in [1.54, 1.807) is 6.07 Å². The summed E-state index contributed by atoms with van der Waals surface area (Å²) in [6, 6.07) is 12.3. The normalized spacial score (nSPS) is 16.3. The topological polar surface area (TPSA) is 84.9 Å². The van der Waals surface area contributed by atoms with Crippen LogP contribution in [0.15, 0.2) is 42.5 Å². The first kappa shape index (κ1) is 20.6. The molecule has 156 valence electrons. The van der Waals surface area contributed by atoms with Gasteiger partial charge in [0.25, 0.3) is 5.91 Å². The number of hydrogen-bond acceptors (Lipinski definition) is 5. The van der Waals surface area contributed by atoms with Crippen molar-refractivity contribution < 1.29 is 24.0 Å². The largest absolute Gasteiger partial charge is 0.492 e. The molecule has 1 heterocycles. The van der Waals surface area contributed by atoms with Crippen LogP contribution in [-0.4, -0.2) is 30.1 Å². The highest BCUT2D eigenvalue weighted by atomic mass is 16.5. The Kier molecular flexibility index (Phi) is 5.93. The Bertz CT molecular complexity index is 942. The molecular weight excluding hydrogens is 381 g/mol. The zero-order valence-corrected chi connectivity index (χ0v) is 17.3. The van der Waals surface area contributed by atoms with Crippen molar-refractivity contribution >= 4 is 24.5 Å². The van der Waals surface area contributed by atoms with Crippen LogP contribution in [0.2, 0.25) is 0 Å². The van der Waals surface area contributed by atoms with Crippen LogP contribution in [0.5, 0.6) is 0 Å². The molecule has 4 rings (SSSR count). The van der Waals surface area contributed by atoms with Gasteiger partial charge in [0.05, 0.1) is 6.61 Å². The average Bonchev–Trinajstić information content (AvgIpc) is 3.52. The number of benzene rings is 2. The molecule has 0 saturated heterocycles. The van der Waals surface area contributed by atoms with E-state index in [4.69, 9.17) is 9.39 Å². The van der Waals surface area contributed by atoms with Gasteiger partial charge in [-0.15, -0.1) is 0 Å². The first-order valence-corrected chi connectivity index (χ1v) is 10.4. The number of amides is 1. The molecular formula is C23H26BNO5. The van der Waals surface area contributed by atoms with Crippen molar-refractivity contribution in [3.05, 3.63) is 64.7 Å². The molecule has 2 aromatic carbocycles. The lowest BCUT2D eigenvalue weighted by Gasteiger charge is -2.22. The third-order valence-electron chi connectivity index (χ3n) is 5.68. The van der Waals surface area contributed by atoms with E-state index in [0.717, 1.165) is 35.0 Å². The van der Waals surface area contributed by atoms with Gasteiger partial charge in [-0.1, -0.05) is 50.2 Å². The predicted octanol–water partition coefficient (Wildman–Crippen LogP) is 2.28. The minimum absolute atomic E-state index is 0.134. The molecule has 7 heteroatoms. The number of ether oxygens (including phenoxy) is 1. The van der Waals surface area contributed by atoms with Crippen molar-refractivity contribution in [2.24, 2.45) is 5.92 Å². The number of carbonyl (C=O) groups excluding carboxylic acids is 2. The highest BCUT2D eigenvalue weighted by Crippen LogP contribution is 2.42. The Labute approximate surface area is 176 Å². The third kappa shape index (κ3) is 4.27. The second-order valence-electron chi connectivity index (χ2n) is 8.33. The van der Waals surface area contributed by atoms with Crippen LogP contribution in [0.25, 0.3) is 0 Å². The molecule has 0 radical (unpaired) electrons. The zero-order chi connectivity index (χ0) is 21.3. The number of esters is 1. The van der Waals surface area contributed by atoms with Crippen molar-refractivity contribution in [1.29, 1.82) is 0 Å². The van der Waals surface area contributed by atoms with Crippen molar-refractivity contribution in [1.82, 2.24) is 5.32 Å². The summed E-state index contributed by atoms with van der Waals surface area (Å²) in [6.07, 6.45) is 1.96. The SMILES string of the molecule is CC(C)C(NC(=O)c1ccc2c(c1C1CC1)B(O)OC2)C(=O)OCc1ccccc1. The molecule has 1 fully saturated rings. The van der Waals surface area contributed by atoms with Gasteiger partial charge in [-0.25, -0.2) is 4.79 Å². The predicted molar refractivity (Wildman–Crippen MR) is 113 cm³/mol. The third-order valence-corrected chi connectivity index (χ3v) is 5.68. The fourth-order valence-corrected chi connectivity index (χ4v) is 3.90. The maximum Gasteiger partial charge on any atom is 0.492 e. The van der Waals surface area contributed by atoms with Gasteiger partial charge in [0.2, 0.25) is 0 Å². The Morgan fingerprint density at radius 3 is 2.60 bits per heavy atom. The van der Waals surface area contributed by atoms with Gasteiger partial charge in [-0.2, -0.15) is 0 Å². The van der Waals surface area contributed by atoms with E-state index in [1.165, 1.54) is 0 Å². The summed E-state index contributed by atoms with van der Waals surface area (Å²) >= 11 is 0. The highest BCUT2D eigenvalue weighted by molar-refractivity contribution is 6.62. The molecule has 1 atom stereocenters. The number of carbonyl (C=O) groups is 2. The molecule has 2 aromatic rings. The van der Waals surface area contributed by atoms with Crippen molar-refractivity contribution in [3.8, 4) is 0 Å². The number of hydrogen-bond donors (Lipinski definition) is 2. The molecule has 30 heavy (non-hydrogen) atoms. The quantitative estimate of drug-likeness (QED) is 0.544. The molecule has 1 unspecified atom stereocenters. The smallest absolute Gasteiger partial charge is 0.459 e. The summed E-state index contributed by atoms with van der Waals surface area (Å²) < 4.78 is 10.8. The number of nitrogens with one attached hydrogen (secondary N) is 1. The maximum atomic E-state index is 13.2. The van der Waals surface area contributed by atoms with E-state index in [-0.39, 0.29) is 24.3 Å². The molecule has 6 nitrogen and oxygen atoms in total. The van der Waals surface area contributed by atoms with Crippen molar-refractivity contribution in [3.63, 3.8) is 0 Å². The zero-order valence-electron chi connectivity index (χ0n) is 17.3. The van der Waals surface area contributed by atoms with Gasteiger partial charge < -0.3 is 19.7 Å². The van der Waals surface area contributed by atoms with Gasteiger partial charge in [0.1, 0.15) is 12.6 Å². The van der Waals surface area contributed by atoms with Gasteiger partial charge in [0, 0.05) is 5.56 Å². The van der Waals surface area contributed by atoms with Crippen LogP contribution in [-0.2, 0) is 27.4 Å². The van der Waals surface area contributed by atoms with Crippen LogP contribution < -0.4 is 10.8 Å². The lowest BCUT2D eigenvalue weighted by molar-refractivity contribution is -0.148. The van der Waals surface area contributed by atoms with Gasteiger partial charge in [0.15, 0.2) is 0 Å². The fourth-order valence-electron chi connectivity index (χ4n) is 3.90. The summed E-state index contributed by atoms with van der Waals surface area (Å²) in [5.41, 5.74) is 3.89. The minimum atomic E-state index is -1.000. The van der Waals surface area contributed by atoms with Gasteiger partial charge >= 0.3 is 13.1 Å². The monoisotopic (exact) mass is 407 g/mol. The van der Waals surface area contributed by atoms with E-state index in [0.29, 0.717) is 12.2 Å². The lowest BCUT2D eigenvalue weighted by Crippen LogP contribution is -2.46. The summed E-state index contributed by atoms with van der Waals surface area (Å²) in [6.45, 7) is 4.25. The number of fused-ring (bicyclic) bond motifs is 1. The van der Waals surface area contributed by atoms with Crippen LogP contribution >= 0.6 is 0 Å². The first-order chi connectivity index (χ1) is 14.5. The molecule has 0 spiro atoms. The van der Waals surface area contributed by atoms with Crippen LogP contribution in [0.3, 0.4) is 0 Å². The van der Waals surface area contributed by atoms with E-state index in [9.17, 15) is 14.6 Å². The molecule has 2 aliphatic rings. The van der Waals surface area contributed by atoms with E-state index in [1.807, 2.05) is 50.2 Å². The maximum absolute atomic E-state index is 13.2. The lowest BCUT2D eigenvalue weighted by atomic mass is 9.73. The molecule has 1 aliphatic heterocycles. The second kappa shape index (κ2) is 8.62. The van der Waals surface area contributed by atoms with Crippen LogP contribution in [0.4, 0.5) is 0 Å². The molecule has 0 aromatic heterocycles. The van der Waals surface area contributed by atoms with E-state index < -0.39 is 19.1 Å². The van der Waals surface area contributed by atoms with Gasteiger partial charge in [-0.05, 0) is 52.9 Å². The molecule has 2 N–H and O–H groups in total. The summed E-state index contributed by atoms with van der Waals surface area (Å²) in [4.78, 5) is 25.9. The van der Waals surface area contributed by atoms with E-state index >= 15 is 0 Å². The Morgan fingerprint density at radius 1 is 1.20 bits per heavy atom. The summed E-state index contributed by atoms with van der Waals surface area (Å²) in [5, 5.41) is 13.1. The molecule has 0 bridgehead atoms. The highest BCUT2D eigenvalue weighted by Gasteiger charge is 2.39. The summed E-state index contributed by atoms with van der Waals surface area (Å²) in [5.74, 6) is -0.668. The molecule has 1 amide bonds. The van der Waals surface area contributed by atoms with E-state index in [2.05, 4.69) is 5.32 Å². The standard InChI is InChI=1S/C23H26BNO5/c1-14(2)21(23(27)29-12-15-6-4-3-5-7-15)25-22(26)18-11-10-17-13-30-24(28)20(17)19(18)16-8-9-16/h3-7,10-11,14,16,21,28H,8-9,12-13H2,1-2H3,(H,25,26). The molecule has 1 saturated carbocycles.